The van der Waals surface area contributed by atoms with Crippen LogP contribution in [0.5, 0.6) is 0 Å². The summed E-state index contributed by atoms with van der Waals surface area (Å²) in [4.78, 5) is 13.4. The Morgan fingerprint density at radius 1 is 1.50 bits per heavy atom. The van der Waals surface area contributed by atoms with Gasteiger partial charge < -0.3 is 15.7 Å². The molecule has 5 heteroatoms. The fourth-order valence-corrected chi connectivity index (χ4v) is 1.77. The van der Waals surface area contributed by atoms with Crippen LogP contribution in [-0.2, 0) is 0 Å². The van der Waals surface area contributed by atoms with Gasteiger partial charge in [-0.05, 0) is 18.2 Å². The predicted molar refractivity (Wildman–Crippen MR) is 57.3 cm³/mol. The van der Waals surface area contributed by atoms with Crippen LogP contribution in [0.1, 0.15) is 10.4 Å². The number of carbonyl (C=O) groups is 1. The third kappa shape index (κ3) is 1.99. The lowest BCUT2D eigenvalue weighted by atomic mass is 10.00. The molecule has 0 unspecified atom stereocenters. The molecule has 1 amide bonds. The second-order valence-corrected chi connectivity index (χ2v) is 4.03. The lowest BCUT2D eigenvalue weighted by molar-refractivity contribution is 0.0361. The molecule has 86 valence electrons. The van der Waals surface area contributed by atoms with Gasteiger partial charge in [0.1, 0.15) is 5.82 Å². The number of benzene rings is 1. The third-order valence-electron chi connectivity index (χ3n) is 2.67. The molecule has 3 N–H and O–H groups in total. The number of likely N-dealkylation sites (tertiary alicyclic amines) is 1. The minimum atomic E-state index is -0.511. The monoisotopic (exact) mass is 224 g/mol. The highest BCUT2D eigenvalue weighted by atomic mass is 19.1. The Balaban J connectivity index is 2.10. The summed E-state index contributed by atoms with van der Waals surface area (Å²) in [6.07, 6.45) is 0. The quantitative estimate of drug-likeness (QED) is 0.718. The molecule has 0 aromatic heterocycles. The first-order valence-electron chi connectivity index (χ1n) is 5.06. The summed E-state index contributed by atoms with van der Waals surface area (Å²) in [6, 6.07) is 3.80. The molecule has 0 saturated carbocycles. The SMILES string of the molecule is Nc1cc(F)cc(C(=O)N2CC(CO)C2)c1. The van der Waals surface area contributed by atoms with Crippen LogP contribution in [0.3, 0.4) is 0 Å². The van der Waals surface area contributed by atoms with Crippen LogP contribution < -0.4 is 5.73 Å². The second-order valence-electron chi connectivity index (χ2n) is 4.03. The third-order valence-corrected chi connectivity index (χ3v) is 2.67. The number of nitrogens with zero attached hydrogens (tertiary/aromatic N) is 1. The Morgan fingerprint density at radius 3 is 2.75 bits per heavy atom. The summed E-state index contributed by atoms with van der Waals surface area (Å²) < 4.78 is 13.0. The Kier molecular flexibility index (Phi) is 2.78. The van der Waals surface area contributed by atoms with Gasteiger partial charge in [-0.25, -0.2) is 4.39 Å². The first-order chi connectivity index (χ1) is 7.60. The maximum atomic E-state index is 13.0. The minimum absolute atomic E-state index is 0.0784. The number of anilines is 1. The zero-order valence-corrected chi connectivity index (χ0v) is 8.69. The number of carbonyl (C=O) groups excluding carboxylic acids is 1. The molecular formula is C11H13FN2O2. The van der Waals surface area contributed by atoms with Gasteiger partial charge in [-0.1, -0.05) is 0 Å². The fraction of sp³-hybridized carbons (Fsp3) is 0.364. The van der Waals surface area contributed by atoms with Gasteiger partial charge in [0.2, 0.25) is 0 Å². The van der Waals surface area contributed by atoms with Gasteiger partial charge in [0.05, 0.1) is 0 Å². The van der Waals surface area contributed by atoms with Crippen molar-refractivity contribution in [3.8, 4) is 0 Å². The summed E-state index contributed by atoms with van der Waals surface area (Å²) in [6.45, 7) is 1.12. The summed E-state index contributed by atoms with van der Waals surface area (Å²) in [7, 11) is 0. The molecule has 2 rings (SSSR count). The average molecular weight is 224 g/mol. The van der Waals surface area contributed by atoms with Gasteiger partial charge in [0.15, 0.2) is 0 Å². The Labute approximate surface area is 92.5 Å². The normalized spacial score (nSPS) is 16.0. The first kappa shape index (κ1) is 10.9. The van der Waals surface area contributed by atoms with Crippen LogP contribution in [0.15, 0.2) is 18.2 Å². The van der Waals surface area contributed by atoms with Crippen molar-refractivity contribution in [1.29, 1.82) is 0 Å². The number of nitrogen functional groups attached to an aromatic ring is 1. The standard InChI is InChI=1S/C11H13FN2O2/c12-9-1-8(2-10(13)3-9)11(16)14-4-7(5-14)6-15/h1-3,7,15H,4-6,13H2. The predicted octanol–water partition coefficient (Wildman–Crippen LogP) is 0.472. The maximum Gasteiger partial charge on any atom is 0.254 e. The molecule has 4 nitrogen and oxygen atoms in total. The van der Waals surface area contributed by atoms with E-state index in [2.05, 4.69) is 0 Å². The van der Waals surface area contributed by atoms with E-state index >= 15 is 0 Å². The average Bonchev–Trinajstić information content (AvgIpc) is 2.14. The Morgan fingerprint density at radius 2 is 2.19 bits per heavy atom. The number of rotatable bonds is 2. The van der Waals surface area contributed by atoms with E-state index < -0.39 is 5.82 Å². The van der Waals surface area contributed by atoms with Crippen LogP contribution in [-0.4, -0.2) is 35.6 Å². The van der Waals surface area contributed by atoms with Crippen LogP contribution in [0.25, 0.3) is 0 Å². The van der Waals surface area contributed by atoms with Crippen molar-refractivity contribution in [3.05, 3.63) is 29.6 Å². The van der Waals surface area contributed by atoms with E-state index in [0.29, 0.717) is 13.1 Å². The summed E-state index contributed by atoms with van der Waals surface area (Å²) in [5, 5.41) is 8.83. The molecule has 16 heavy (non-hydrogen) atoms. The van der Waals surface area contributed by atoms with E-state index in [-0.39, 0.29) is 29.7 Å². The topological polar surface area (TPSA) is 66.6 Å². The number of aliphatic hydroxyl groups is 1. The smallest absolute Gasteiger partial charge is 0.254 e. The molecular weight excluding hydrogens is 211 g/mol. The summed E-state index contributed by atoms with van der Waals surface area (Å²) in [5.41, 5.74) is 5.96. The van der Waals surface area contributed by atoms with E-state index in [9.17, 15) is 9.18 Å². The molecule has 1 aromatic carbocycles. The van der Waals surface area contributed by atoms with Crippen molar-refractivity contribution in [3.63, 3.8) is 0 Å². The molecule has 1 saturated heterocycles. The maximum absolute atomic E-state index is 13.0. The van der Waals surface area contributed by atoms with Gasteiger partial charge in [0, 0.05) is 36.9 Å². The molecule has 0 bridgehead atoms. The lowest BCUT2D eigenvalue weighted by Gasteiger charge is -2.38. The highest BCUT2D eigenvalue weighted by molar-refractivity contribution is 5.95. The molecule has 1 aliphatic rings. The van der Waals surface area contributed by atoms with E-state index in [1.54, 1.807) is 4.90 Å². The number of amides is 1. The zero-order chi connectivity index (χ0) is 11.7. The largest absolute Gasteiger partial charge is 0.399 e. The number of hydrogen-bond donors (Lipinski definition) is 2. The number of hydrogen-bond acceptors (Lipinski definition) is 3. The molecule has 0 atom stereocenters. The second kappa shape index (κ2) is 4.09. The first-order valence-corrected chi connectivity index (χ1v) is 5.06. The van der Waals surface area contributed by atoms with Crippen molar-refractivity contribution in [2.45, 2.75) is 0 Å². The molecule has 1 fully saturated rings. The summed E-state index contributed by atoms with van der Waals surface area (Å²) >= 11 is 0. The molecule has 1 heterocycles. The van der Waals surface area contributed by atoms with Crippen molar-refractivity contribution in [2.24, 2.45) is 5.92 Å². The van der Waals surface area contributed by atoms with Crippen LogP contribution >= 0.6 is 0 Å². The fourth-order valence-electron chi connectivity index (χ4n) is 1.77. The van der Waals surface area contributed by atoms with E-state index in [4.69, 9.17) is 10.8 Å². The highest BCUT2D eigenvalue weighted by Gasteiger charge is 2.30. The Bertz CT molecular complexity index is 396. The van der Waals surface area contributed by atoms with Gasteiger partial charge in [-0.2, -0.15) is 0 Å². The zero-order valence-electron chi connectivity index (χ0n) is 8.69. The van der Waals surface area contributed by atoms with E-state index in [0.717, 1.165) is 0 Å². The number of nitrogens with two attached hydrogens (primary N) is 1. The van der Waals surface area contributed by atoms with Gasteiger partial charge in [-0.3, -0.25) is 4.79 Å². The summed E-state index contributed by atoms with van der Waals surface area (Å²) in [5.74, 6) is -0.603. The number of aliphatic hydroxyl groups excluding tert-OH is 1. The Hall–Kier alpha value is -1.62. The molecule has 1 aliphatic heterocycles. The van der Waals surface area contributed by atoms with E-state index in [1.807, 2.05) is 0 Å². The van der Waals surface area contributed by atoms with Crippen molar-refractivity contribution in [2.75, 3.05) is 25.4 Å². The minimum Gasteiger partial charge on any atom is -0.399 e. The van der Waals surface area contributed by atoms with Crippen LogP contribution in [0.2, 0.25) is 0 Å². The van der Waals surface area contributed by atoms with Gasteiger partial charge >= 0.3 is 0 Å². The van der Waals surface area contributed by atoms with Gasteiger partial charge in [-0.15, -0.1) is 0 Å². The molecule has 0 spiro atoms. The molecule has 0 radical (unpaired) electrons. The number of halogens is 1. The highest BCUT2D eigenvalue weighted by Crippen LogP contribution is 2.20. The van der Waals surface area contributed by atoms with Gasteiger partial charge in [0.25, 0.3) is 5.91 Å². The molecule has 1 aromatic rings. The van der Waals surface area contributed by atoms with Crippen molar-refractivity contribution < 1.29 is 14.3 Å². The van der Waals surface area contributed by atoms with Crippen molar-refractivity contribution in [1.82, 2.24) is 4.90 Å². The molecule has 0 aliphatic carbocycles. The lowest BCUT2D eigenvalue weighted by Crippen LogP contribution is -2.51. The van der Waals surface area contributed by atoms with Crippen LogP contribution in [0, 0.1) is 11.7 Å². The van der Waals surface area contributed by atoms with Crippen LogP contribution in [0.4, 0.5) is 10.1 Å². The van der Waals surface area contributed by atoms with Crippen molar-refractivity contribution >= 4 is 11.6 Å². The van der Waals surface area contributed by atoms with E-state index in [1.165, 1.54) is 18.2 Å².